The molecule has 1 aromatic carbocycles. The van der Waals surface area contributed by atoms with E-state index in [2.05, 4.69) is 4.98 Å². The predicted octanol–water partition coefficient (Wildman–Crippen LogP) is 7.16. The summed E-state index contributed by atoms with van der Waals surface area (Å²) in [6.07, 6.45) is -2.23. The third-order valence-corrected chi connectivity index (χ3v) is 12.6. The summed E-state index contributed by atoms with van der Waals surface area (Å²) < 4.78 is 55.5. The van der Waals surface area contributed by atoms with E-state index in [1.807, 2.05) is 38.7 Å². The van der Waals surface area contributed by atoms with Gasteiger partial charge in [-0.05, 0) is 80.5 Å². The number of aromatic nitrogens is 1. The number of halogens is 6. The Hall–Kier alpha value is -3.36. The van der Waals surface area contributed by atoms with Gasteiger partial charge in [-0.1, -0.05) is 56.1 Å². The fraction of sp³-hybridized carbons (Fsp3) is 0.528. The molecule has 9 nitrogen and oxygen atoms in total. The van der Waals surface area contributed by atoms with Gasteiger partial charge in [0.1, 0.15) is 27.5 Å². The lowest BCUT2D eigenvalue weighted by atomic mass is 9.81. The molecule has 7 rings (SSSR count). The highest BCUT2D eigenvalue weighted by Crippen LogP contribution is 2.57. The van der Waals surface area contributed by atoms with Crippen LogP contribution in [0.5, 0.6) is 0 Å². The van der Waals surface area contributed by atoms with Crippen molar-refractivity contribution in [1.29, 1.82) is 0 Å². The van der Waals surface area contributed by atoms with Crippen LogP contribution in [0.1, 0.15) is 71.0 Å². The SMILES string of the molecule is CC(C)C1=C(C(=O)N2C[C@@H](C)C[C@H]2C(=O)N2CC3(CC3)N(C(=O)C(F)(F)F)C[C@@H]2C)SC2=N[C@@](C)(c3ccc(Cl)nc3)[C@@H](c3ccc(Cl)c(F)c3)N21. The number of rotatable bonds is 5. The van der Waals surface area contributed by atoms with E-state index in [0.717, 1.165) is 10.5 Å². The normalized spacial score (nSPS) is 28.3. The molecule has 5 heterocycles. The maximum absolute atomic E-state index is 15.0. The second-order valence-electron chi connectivity index (χ2n) is 15.1. The number of amidine groups is 1. The molecule has 0 bridgehead atoms. The summed E-state index contributed by atoms with van der Waals surface area (Å²) in [6, 6.07) is 5.98. The number of amides is 3. The van der Waals surface area contributed by atoms with E-state index in [9.17, 15) is 27.6 Å². The fourth-order valence-electron chi connectivity index (χ4n) is 8.25. The van der Waals surface area contributed by atoms with E-state index < -0.39 is 47.1 Å². The van der Waals surface area contributed by atoms with Gasteiger partial charge < -0.3 is 19.6 Å². The smallest absolute Gasteiger partial charge is 0.334 e. The zero-order valence-corrected chi connectivity index (χ0v) is 31.5. The Kier molecular flexibility index (Phi) is 9.17. The fourth-order valence-corrected chi connectivity index (χ4v) is 9.84. The molecule has 0 unspecified atom stereocenters. The van der Waals surface area contributed by atoms with Crippen molar-refractivity contribution < 1.29 is 31.9 Å². The molecule has 16 heteroatoms. The molecule has 52 heavy (non-hydrogen) atoms. The van der Waals surface area contributed by atoms with Crippen molar-refractivity contribution in [3.63, 3.8) is 0 Å². The molecule has 2 aromatic rings. The van der Waals surface area contributed by atoms with Crippen LogP contribution in [-0.2, 0) is 19.9 Å². The first-order valence-corrected chi connectivity index (χ1v) is 18.8. The maximum Gasteiger partial charge on any atom is 0.471 e. The van der Waals surface area contributed by atoms with Crippen LogP contribution in [-0.4, -0.2) is 90.9 Å². The molecular formula is C36H38Cl2F4N6O3S. The van der Waals surface area contributed by atoms with Gasteiger partial charge in [0.05, 0.1) is 16.6 Å². The van der Waals surface area contributed by atoms with E-state index in [-0.39, 0.29) is 41.8 Å². The number of thioether (sulfide) groups is 1. The van der Waals surface area contributed by atoms with Gasteiger partial charge in [-0.2, -0.15) is 13.2 Å². The van der Waals surface area contributed by atoms with E-state index in [0.29, 0.717) is 52.3 Å². The standard InChI is InChI=1S/C36H38Cl2F4N6O3S/c1-18(2)27-28(52-33-44-34(5,22-7-9-26(38)43-14-22)29(48(27)33)21-6-8-23(37)24(39)13-21)31(50)45-15-19(3)12-25(45)30(49)46-17-35(10-11-35)47(16-20(46)4)32(51)36(40,41)42/h6-9,13-14,18-20,25,29H,10-12,15-17H2,1-5H3/t19-,20-,25-,29+,34-/m0/s1. The number of carbonyl (C=O) groups is 3. The van der Waals surface area contributed by atoms with E-state index in [4.69, 9.17) is 28.2 Å². The second kappa shape index (κ2) is 12.9. The molecule has 3 amide bonds. The van der Waals surface area contributed by atoms with Gasteiger partial charge in [-0.15, -0.1) is 0 Å². The zero-order valence-electron chi connectivity index (χ0n) is 29.2. The Morgan fingerprint density at radius 2 is 1.75 bits per heavy atom. The van der Waals surface area contributed by atoms with Gasteiger partial charge in [-0.25, -0.2) is 14.4 Å². The third-order valence-electron chi connectivity index (χ3n) is 11.0. The quantitative estimate of drug-likeness (QED) is 0.237. The van der Waals surface area contributed by atoms with Crippen LogP contribution in [0.4, 0.5) is 17.6 Å². The topological polar surface area (TPSA) is 89.4 Å². The van der Waals surface area contributed by atoms with E-state index in [1.165, 1.54) is 23.9 Å². The van der Waals surface area contributed by atoms with Crippen molar-refractivity contribution in [3.8, 4) is 0 Å². The minimum absolute atomic E-state index is 0.0154. The zero-order chi connectivity index (χ0) is 37.7. The second-order valence-corrected chi connectivity index (χ2v) is 16.9. The minimum Gasteiger partial charge on any atom is -0.334 e. The lowest BCUT2D eigenvalue weighted by Crippen LogP contribution is -2.65. The number of piperazine rings is 1. The van der Waals surface area contributed by atoms with E-state index in [1.54, 1.807) is 35.1 Å². The van der Waals surface area contributed by atoms with Crippen molar-refractivity contribution in [2.75, 3.05) is 19.6 Å². The first kappa shape index (κ1) is 37.0. The van der Waals surface area contributed by atoms with Gasteiger partial charge >= 0.3 is 12.1 Å². The molecule has 4 aliphatic heterocycles. The highest BCUT2D eigenvalue weighted by Gasteiger charge is 2.61. The first-order chi connectivity index (χ1) is 24.4. The lowest BCUT2D eigenvalue weighted by molar-refractivity contribution is -0.193. The molecule has 0 radical (unpaired) electrons. The van der Waals surface area contributed by atoms with Crippen LogP contribution < -0.4 is 0 Å². The Balaban J connectivity index is 1.22. The molecule has 1 aliphatic carbocycles. The van der Waals surface area contributed by atoms with Gasteiger partial charge in [0, 0.05) is 43.1 Å². The molecule has 3 fully saturated rings. The Bertz CT molecular complexity index is 1900. The van der Waals surface area contributed by atoms with Gasteiger partial charge in [0.2, 0.25) is 5.91 Å². The molecule has 278 valence electrons. The number of aliphatic imine (C=N–C) groups is 1. The average molecular weight is 782 g/mol. The molecular weight excluding hydrogens is 743 g/mol. The average Bonchev–Trinajstić information content (AvgIpc) is 3.43. The summed E-state index contributed by atoms with van der Waals surface area (Å²) in [5.74, 6) is -3.38. The van der Waals surface area contributed by atoms with Gasteiger partial charge in [-0.3, -0.25) is 14.4 Å². The number of benzene rings is 1. The monoisotopic (exact) mass is 780 g/mol. The van der Waals surface area contributed by atoms with Crippen molar-refractivity contribution >= 4 is 57.9 Å². The summed E-state index contributed by atoms with van der Waals surface area (Å²) in [6.45, 7) is 9.49. The largest absolute Gasteiger partial charge is 0.471 e. The number of alkyl halides is 3. The molecule has 5 aliphatic rings. The van der Waals surface area contributed by atoms with Crippen molar-refractivity contribution in [2.45, 2.75) is 89.3 Å². The number of likely N-dealkylation sites (tertiary alicyclic amines) is 1. The van der Waals surface area contributed by atoms with Crippen LogP contribution in [0.3, 0.4) is 0 Å². The number of allylic oxidation sites excluding steroid dienone is 1. The number of pyridine rings is 1. The molecule has 1 spiro atoms. The lowest BCUT2D eigenvalue weighted by Gasteiger charge is -2.47. The Labute approximate surface area is 313 Å². The summed E-state index contributed by atoms with van der Waals surface area (Å²) in [4.78, 5) is 57.3. The Morgan fingerprint density at radius 1 is 1.04 bits per heavy atom. The minimum atomic E-state index is -5.01. The highest BCUT2D eigenvalue weighted by atomic mass is 35.5. The Morgan fingerprint density at radius 3 is 2.35 bits per heavy atom. The van der Waals surface area contributed by atoms with Crippen molar-refractivity contribution in [1.82, 2.24) is 24.6 Å². The van der Waals surface area contributed by atoms with Crippen LogP contribution in [0, 0.1) is 17.7 Å². The summed E-state index contributed by atoms with van der Waals surface area (Å²) in [7, 11) is 0. The third kappa shape index (κ3) is 6.06. The van der Waals surface area contributed by atoms with Crippen molar-refractivity contribution in [2.24, 2.45) is 16.8 Å². The number of nitrogens with zero attached hydrogens (tertiary/aromatic N) is 6. The maximum atomic E-state index is 15.0. The predicted molar refractivity (Wildman–Crippen MR) is 190 cm³/mol. The first-order valence-electron chi connectivity index (χ1n) is 17.2. The van der Waals surface area contributed by atoms with E-state index >= 15 is 4.39 Å². The van der Waals surface area contributed by atoms with Gasteiger partial charge in [0.15, 0.2) is 5.17 Å². The van der Waals surface area contributed by atoms with Crippen LogP contribution in [0.15, 0.2) is 52.1 Å². The number of hydrogen-bond donors (Lipinski definition) is 0. The van der Waals surface area contributed by atoms with Crippen LogP contribution >= 0.6 is 35.0 Å². The van der Waals surface area contributed by atoms with Crippen LogP contribution in [0.2, 0.25) is 10.2 Å². The number of hydrogen-bond acceptors (Lipinski definition) is 7. The number of carbonyl (C=O) groups excluding carboxylic acids is 3. The molecule has 2 saturated heterocycles. The molecule has 1 saturated carbocycles. The van der Waals surface area contributed by atoms with Crippen LogP contribution in [0.25, 0.3) is 0 Å². The highest BCUT2D eigenvalue weighted by molar-refractivity contribution is 8.18. The molecule has 5 atom stereocenters. The number of fused-ring (bicyclic) bond motifs is 1. The van der Waals surface area contributed by atoms with Gasteiger partial charge in [0.25, 0.3) is 5.91 Å². The summed E-state index contributed by atoms with van der Waals surface area (Å²) >= 11 is 13.4. The summed E-state index contributed by atoms with van der Waals surface area (Å²) in [5.41, 5.74) is -0.0302. The summed E-state index contributed by atoms with van der Waals surface area (Å²) in [5, 5.41) is 0.813. The molecule has 0 N–H and O–H groups in total. The molecule has 1 aromatic heterocycles. The van der Waals surface area contributed by atoms with Crippen molar-refractivity contribution in [3.05, 3.63) is 74.3 Å².